The minimum atomic E-state index is -5.08. The van der Waals surface area contributed by atoms with Crippen molar-refractivity contribution in [2.75, 3.05) is 32.8 Å². The Labute approximate surface area is 161 Å². The Morgan fingerprint density at radius 3 is 2.29 bits per heavy atom. The fourth-order valence-corrected chi connectivity index (χ4v) is 3.30. The molecule has 2 aliphatic heterocycles. The molecule has 0 spiro atoms. The summed E-state index contributed by atoms with van der Waals surface area (Å²) in [5, 5.41) is 7.12. The molecule has 0 aromatic heterocycles. The Morgan fingerprint density at radius 1 is 1.14 bits per heavy atom. The van der Waals surface area contributed by atoms with Gasteiger partial charge in [-0.3, -0.25) is 9.69 Å². The minimum absolute atomic E-state index is 0.128. The lowest BCUT2D eigenvalue weighted by molar-refractivity contribution is -0.192. The number of carboxylic acid groups (broad SMARTS) is 1. The molecule has 1 N–H and O–H groups in total. The van der Waals surface area contributed by atoms with Crippen LogP contribution in [0.25, 0.3) is 0 Å². The summed E-state index contributed by atoms with van der Waals surface area (Å²) >= 11 is 0. The number of rotatable bonds is 2. The van der Waals surface area contributed by atoms with E-state index in [0.29, 0.717) is 25.1 Å². The van der Waals surface area contributed by atoms with Gasteiger partial charge in [0.1, 0.15) is 0 Å². The average Bonchev–Trinajstić information content (AvgIpc) is 2.94. The second-order valence-corrected chi connectivity index (χ2v) is 7.14. The average molecular weight is 402 g/mol. The van der Waals surface area contributed by atoms with Gasteiger partial charge in [-0.1, -0.05) is 18.2 Å². The molecule has 2 aliphatic rings. The van der Waals surface area contributed by atoms with Crippen molar-refractivity contribution in [3.05, 3.63) is 35.9 Å². The van der Waals surface area contributed by atoms with Crippen LogP contribution in [0.3, 0.4) is 0 Å². The van der Waals surface area contributed by atoms with Gasteiger partial charge in [0.25, 0.3) is 5.91 Å². The van der Waals surface area contributed by atoms with Gasteiger partial charge in [-0.2, -0.15) is 13.2 Å². The lowest BCUT2D eigenvalue weighted by Crippen LogP contribution is -2.38. The maximum absolute atomic E-state index is 12.6. The van der Waals surface area contributed by atoms with E-state index in [2.05, 4.69) is 18.7 Å². The fraction of sp³-hybridized carbons (Fsp3) is 0.579. The summed E-state index contributed by atoms with van der Waals surface area (Å²) in [7, 11) is 0. The quantitative estimate of drug-likeness (QED) is 0.823. The number of halogens is 3. The van der Waals surface area contributed by atoms with Crippen LogP contribution in [0.15, 0.2) is 30.3 Å². The lowest BCUT2D eigenvalue weighted by atomic mass is 10.1. The number of fused-ring (bicyclic) bond motifs is 1. The predicted molar refractivity (Wildman–Crippen MR) is 96.0 cm³/mol. The first-order valence-electron chi connectivity index (χ1n) is 9.09. The smallest absolute Gasteiger partial charge is 0.475 e. The summed E-state index contributed by atoms with van der Waals surface area (Å²) in [6.07, 6.45) is -4.80. The Balaban J connectivity index is 0.000000345. The maximum atomic E-state index is 12.6. The van der Waals surface area contributed by atoms with E-state index in [1.807, 2.05) is 35.2 Å². The highest BCUT2D eigenvalue weighted by Crippen LogP contribution is 2.25. The van der Waals surface area contributed by atoms with Gasteiger partial charge in [-0.15, -0.1) is 0 Å². The molecule has 0 saturated carbocycles. The third-order valence-corrected chi connectivity index (χ3v) is 4.84. The number of carbonyl (C=O) groups is 2. The zero-order valence-electron chi connectivity index (χ0n) is 15.9. The molecule has 0 bridgehead atoms. The molecular weight excluding hydrogens is 377 g/mol. The molecule has 2 heterocycles. The van der Waals surface area contributed by atoms with Crippen LogP contribution in [0.1, 0.15) is 24.2 Å². The molecule has 0 aliphatic carbocycles. The van der Waals surface area contributed by atoms with Crippen LogP contribution in [-0.2, 0) is 9.53 Å². The first-order chi connectivity index (χ1) is 13.1. The Bertz CT molecular complexity index is 667. The van der Waals surface area contributed by atoms with E-state index in [1.165, 1.54) is 0 Å². The largest absolute Gasteiger partial charge is 0.490 e. The monoisotopic (exact) mass is 402 g/mol. The van der Waals surface area contributed by atoms with Gasteiger partial charge in [0, 0.05) is 43.7 Å². The molecule has 2 saturated heterocycles. The van der Waals surface area contributed by atoms with E-state index in [-0.39, 0.29) is 12.0 Å². The highest BCUT2D eigenvalue weighted by molar-refractivity contribution is 5.94. The summed E-state index contributed by atoms with van der Waals surface area (Å²) < 4.78 is 37.7. The van der Waals surface area contributed by atoms with Gasteiger partial charge in [-0.05, 0) is 26.0 Å². The van der Waals surface area contributed by atoms with Gasteiger partial charge in [-0.25, -0.2) is 4.79 Å². The van der Waals surface area contributed by atoms with Crippen LogP contribution in [0.2, 0.25) is 0 Å². The molecular formula is C19H25F3N2O4. The Kier molecular flexibility index (Phi) is 7.42. The standard InChI is InChI=1S/C17H24N2O2.C2HF3O2/c1-13(2)19-11-15-10-18(8-9-21-16(15)12-19)17(20)14-6-4-3-5-7-14;3-2(4,5)1(6)7/h3-7,13,15-16H,8-12H2,1-2H3;(H,6,7)/t15-,16+;/m0./s1. The fourth-order valence-electron chi connectivity index (χ4n) is 3.30. The second-order valence-electron chi connectivity index (χ2n) is 7.14. The van der Waals surface area contributed by atoms with Crippen molar-refractivity contribution >= 4 is 11.9 Å². The van der Waals surface area contributed by atoms with Crippen molar-refractivity contribution in [3.8, 4) is 0 Å². The molecule has 28 heavy (non-hydrogen) atoms. The van der Waals surface area contributed by atoms with Gasteiger partial charge in [0.15, 0.2) is 0 Å². The number of ether oxygens (including phenoxy) is 1. The third-order valence-electron chi connectivity index (χ3n) is 4.84. The zero-order valence-corrected chi connectivity index (χ0v) is 15.9. The first kappa shape index (κ1) is 22.2. The van der Waals surface area contributed by atoms with E-state index in [9.17, 15) is 18.0 Å². The highest BCUT2D eigenvalue weighted by atomic mass is 19.4. The Hall–Kier alpha value is -2.13. The zero-order chi connectivity index (χ0) is 20.9. The number of carbonyl (C=O) groups excluding carboxylic acids is 1. The van der Waals surface area contributed by atoms with E-state index in [0.717, 1.165) is 25.2 Å². The highest BCUT2D eigenvalue weighted by Gasteiger charge is 2.39. The van der Waals surface area contributed by atoms with Crippen molar-refractivity contribution in [1.82, 2.24) is 9.80 Å². The molecule has 3 rings (SSSR count). The number of hydrogen-bond acceptors (Lipinski definition) is 4. The molecule has 2 atom stereocenters. The van der Waals surface area contributed by atoms with Gasteiger partial charge < -0.3 is 14.7 Å². The number of amides is 1. The topological polar surface area (TPSA) is 70.1 Å². The van der Waals surface area contributed by atoms with E-state index in [4.69, 9.17) is 14.6 Å². The van der Waals surface area contributed by atoms with Gasteiger partial charge >= 0.3 is 12.1 Å². The van der Waals surface area contributed by atoms with Crippen molar-refractivity contribution in [3.63, 3.8) is 0 Å². The summed E-state index contributed by atoms with van der Waals surface area (Å²) in [4.78, 5) is 25.9. The normalized spacial score (nSPS) is 22.9. The van der Waals surface area contributed by atoms with Crippen LogP contribution < -0.4 is 0 Å². The van der Waals surface area contributed by atoms with Crippen LogP contribution in [-0.4, -0.2) is 77.9 Å². The molecule has 6 nitrogen and oxygen atoms in total. The molecule has 9 heteroatoms. The lowest BCUT2D eigenvalue weighted by Gasteiger charge is -2.24. The SMILES string of the molecule is CC(C)N1C[C@@H]2CN(C(=O)c3ccccc3)CCO[C@@H]2C1.O=C(O)C(F)(F)F. The van der Waals surface area contributed by atoms with Crippen molar-refractivity contribution in [1.29, 1.82) is 0 Å². The van der Waals surface area contributed by atoms with E-state index < -0.39 is 12.1 Å². The van der Waals surface area contributed by atoms with Gasteiger partial charge in [0.05, 0.1) is 12.7 Å². The van der Waals surface area contributed by atoms with Crippen molar-refractivity contribution in [2.45, 2.75) is 32.2 Å². The van der Waals surface area contributed by atoms with Crippen molar-refractivity contribution in [2.24, 2.45) is 5.92 Å². The number of benzene rings is 1. The van der Waals surface area contributed by atoms with E-state index in [1.54, 1.807) is 0 Å². The predicted octanol–water partition coefficient (Wildman–Crippen LogP) is 2.50. The number of nitrogens with zero attached hydrogens (tertiary/aromatic N) is 2. The van der Waals surface area contributed by atoms with Gasteiger partial charge in [0.2, 0.25) is 0 Å². The van der Waals surface area contributed by atoms with Crippen LogP contribution >= 0.6 is 0 Å². The molecule has 2 fully saturated rings. The molecule has 0 unspecified atom stereocenters. The molecule has 156 valence electrons. The Morgan fingerprint density at radius 2 is 1.75 bits per heavy atom. The number of hydrogen-bond donors (Lipinski definition) is 1. The second kappa shape index (κ2) is 9.38. The molecule has 1 aromatic carbocycles. The van der Waals surface area contributed by atoms with Crippen molar-refractivity contribution < 1.29 is 32.6 Å². The summed E-state index contributed by atoms with van der Waals surface area (Å²) in [6.45, 7) is 8.61. The first-order valence-corrected chi connectivity index (χ1v) is 9.09. The van der Waals surface area contributed by atoms with E-state index >= 15 is 0 Å². The maximum Gasteiger partial charge on any atom is 0.490 e. The number of likely N-dealkylation sites (tertiary alicyclic amines) is 1. The summed E-state index contributed by atoms with van der Waals surface area (Å²) in [5.41, 5.74) is 0.773. The number of aliphatic carboxylic acids is 1. The third kappa shape index (κ3) is 5.93. The summed E-state index contributed by atoms with van der Waals surface area (Å²) in [5.74, 6) is -2.20. The number of carboxylic acids is 1. The van der Waals surface area contributed by atoms with Crippen LogP contribution in [0.5, 0.6) is 0 Å². The molecule has 0 radical (unpaired) electrons. The number of alkyl halides is 3. The summed E-state index contributed by atoms with van der Waals surface area (Å²) in [6, 6.07) is 10.1. The molecule has 1 amide bonds. The van der Waals surface area contributed by atoms with Crippen LogP contribution in [0, 0.1) is 5.92 Å². The van der Waals surface area contributed by atoms with Crippen LogP contribution in [0.4, 0.5) is 13.2 Å². The minimum Gasteiger partial charge on any atom is -0.475 e. The molecule has 1 aromatic rings.